The zero-order valence-corrected chi connectivity index (χ0v) is 16.3. The van der Waals surface area contributed by atoms with Crippen molar-refractivity contribution in [3.63, 3.8) is 0 Å². The first-order chi connectivity index (χ1) is 14.0. The highest BCUT2D eigenvalue weighted by atomic mass is 16.3. The number of benzene rings is 2. The molecule has 1 atom stereocenters. The molecule has 0 spiro atoms. The van der Waals surface area contributed by atoms with Crippen LogP contribution in [-0.2, 0) is 16.0 Å². The SMILES string of the molecule is CC(C)[C@@H](NC(=O)c1ccco1)C(=O)NNC(=O)Cc1cccc2ccccc12. The van der Waals surface area contributed by atoms with E-state index < -0.39 is 17.9 Å². The monoisotopic (exact) mass is 393 g/mol. The lowest BCUT2D eigenvalue weighted by Crippen LogP contribution is -2.54. The molecule has 1 heterocycles. The normalized spacial score (nSPS) is 11.8. The highest BCUT2D eigenvalue weighted by Gasteiger charge is 2.26. The molecule has 3 rings (SSSR count). The Kier molecular flexibility index (Phi) is 6.29. The average Bonchev–Trinajstić information content (AvgIpc) is 3.25. The number of nitrogens with one attached hydrogen (secondary N) is 3. The van der Waals surface area contributed by atoms with Crippen LogP contribution in [0.4, 0.5) is 0 Å². The van der Waals surface area contributed by atoms with Gasteiger partial charge in [0.2, 0.25) is 5.91 Å². The Bertz CT molecular complexity index is 1010. The Balaban J connectivity index is 1.59. The third kappa shape index (κ3) is 5.01. The molecule has 0 saturated heterocycles. The molecule has 0 bridgehead atoms. The van der Waals surface area contributed by atoms with E-state index in [4.69, 9.17) is 4.42 Å². The maximum absolute atomic E-state index is 12.5. The van der Waals surface area contributed by atoms with Gasteiger partial charge in [-0.05, 0) is 34.4 Å². The Morgan fingerprint density at radius 1 is 0.931 bits per heavy atom. The summed E-state index contributed by atoms with van der Waals surface area (Å²) in [6.45, 7) is 3.59. The first-order valence-corrected chi connectivity index (χ1v) is 9.35. The number of carbonyl (C=O) groups is 3. The molecule has 29 heavy (non-hydrogen) atoms. The summed E-state index contributed by atoms with van der Waals surface area (Å²) in [6.07, 6.45) is 1.50. The summed E-state index contributed by atoms with van der Waals surface area (Å²) in [6, 6.07) is 15.8. The smallest absolute Gasteiger partial charge is 0.287 e. The first kappa shape index (κ1) is 20.1. The quantitative estimate of drug-likeness (QED) is 0.561. The lowest BCUT2D eigenvalue weighted by molar-refractivity contribution is -0.130. The van der Waals surface area contributed by atoms with Gasteiger partial charge in [-0.2, -0.15) is 0 Å². The van der Waals surface area contributed by atoms with Crippen LogP contribution in [0, 0.1) is 5.92 Å². The molecule has 0 aliphatic rings. The third-order valence-electron chi connectivity index (χ3n) is 4.54. The van der Waals surface area contributed by atoms with Gasteiger partial charge < -0.3 is 9.73 Å². The molecule has 0 saturated carbocycles. The topological polar surface area (TPSA) is 100 Å². The van der Waals surface area contributed by atoms with Crippen molar-refractivity contribution in [3.05, 3.63) is 72.2 Å². The van der Waals surface area contributed by atoms with Gasteiger partial charge in [0, 0.05) is 0 Å². The van der Waals surface area contributed by atoms with Crippen molar-refractivity contribution in [2.24, 2.45) is 5.92 Å². The lowest BCUT2D eigenvalue weighted by atomic mass is 10.0. The Morgan fingerprint density at radius 2 is 1.69 bits per heavy atom. The maximum Gasteiger partial charge on any atom is 0.287 e. The molecule has 3 N–H and O–H groups in total. The minimum atomic E-state index is -0.828. The van der Waals surface area contributed by atoms with Crippen molar-refractivity contribution in [2.45, 2.75) is 26.3 Å². The van der Waals surface area contributed by atoms with E-state index in [0.717, 1.165) is 16.3 Å². The number of fused-ring (bicyclic) bond motifs is 1. The first-order valence-electron chi connectivity index (χ1n) is 9.35. The van der Waals surface area contributed by atoms with Crippen LogP contribution in [0.15, 0.2) is 65.3 Å². The van der Waals surface area contributed by atoms with Crippen molar-refractivity contribution >= 4 is 28.5 Å². The highest BCUT2D eigenvalue weighted by molar-refractivity contribution is 5.96. The van der Waals surface area contributed by atoms with Gasteiger partial charge in [0.1, 0.15) is 6.04 Å². The molecule has 3 aromatic rings. The minimum Gasteiger partial charge on any atom is -0.459 e. The van der Waals surface area contributed by atoms with Crippen LogP contribution < -0.4 is 16.2 Å². The summed E-state index contributed by atoms with van der Waals surface area (Å²) >= 11 is 0. The molecular weight excluding hydrogens is 370 g/mol. The number of furan rings is 1. The van der Waals surface area contributed by atoms with E-state index >= 15 is 0 Å². The van der Waals surface area contributed by atoms with Gasteiger partial charge in [-0.15, -0.1) is 0 Å². The second-order valence-corrected chi connectivity index (χ2v) is 7.02. The Hall–Kier alpha value is -3.61. The van der Waals surface area contributed by atoms with Crippen LogP contribution in [0.2, 0.25) is 0 Å². The van der Waals surface area contributed by atoms with Crippen molar-refractivity contribution in [1.82, 2.24) is 16.2 Å². The zero-order chi connectivity index (χ0) is 20.8. The van der Waals surface area contributed by atoms with Crippen LogP contribution in [0.25, 0.3) is 10.8 Å². The van der Waals surface area contributed by atoms with Crippen LogP contribution in [0.3, 0.4) is 0 Å². The molecule has 0 aliphatic carbocycles. The summed E-state index contributed by atoms with van der Waals surface area (Å²) in [5.74, 6) is -1.43. The predicted molar refractivity (Wildman–Crippen MR) is 109 cm³/mol. The number of amides is 3. The van der Waals surface area contributed by atoms with Gasteiger partial charge in [0.25, 0.3) is 11.8 Å². The molecule has 2 aromatic carbocycles. The van der Waals surface area contributed by atoms with Gasteiger partial charge in [-0.1, -0.05) is 56.3 Å². The molecule has 0 radical (unpaired) electrons. The molecule has 150 valence electrons. The van der Waals surface area contributed by atoms with Crippen LogP contribution in [-0.4, -0.2) is 23.8 Å². The highest BCUT2D eigenvalue weighted by Crippen LogP contribution is 2.18. The predicted octanol–water partition coefficient (Wildman–Crippen LogP) is 2.58. The molecule has 1 aromatic heterocycles. The zero-order valence-electron chi connectivity index (χ0n) is 16.3. The fourth-order valence-corrected chi connectivity index (χ4v) is 3.03. The summed E-state index contributed by atoms with van der Waals surface area (Å²) in [5, 5.41) is 4.65. The maximum atomic E-state index is 12.5. The molecular formula is C22H23N3O4. The van der Waals surface area contributed by atoms with E-state index in [9.17, 15) is 14.4 Å². The molecule has 0 fully saturated rings. The lowest BCUT2D eigenvalue weighted by Gasteiger charge is -2.21. The van der Waals surface area contributed by atoms with Crippen molar-refractivity contribution in [2.75, 3.05) is 0 Å². The van der Waals surface area contributed by atoms with Crippen LogP contribution in [0.1, 0.15) is 30.0 Å². The summed E-state index contributed by atoms with van der Waals surface area (Å²) in [5.41, 5.74) is 5.69. The fourth-order valence-electron chi connectivity index (χ4n) is 3.03. The molecule has 3 amide bonds. The second kappa shape index (κ2) is 9.05. The molecule has 7 nitrogen and oxygen atoms in total. The number of hydrogen-bond donors (Lipinski definition) is 3. The van der Waals surface area contributed by atoms with E-state index in [1.165, 1.54) is 12.3 Å². The van der Waals surface area contributed by atoms with Gasteiger partial charge >= 0.3 is 0 Å². The van der Waals surface area contributed by atoms with Crippen LogP contribution >= 0.6 is 0 Å². The van der Waals surface area contributed by atoms with E-state index in [0.29, 0.717) is 0 Å². The van der Waals surface area contributed by atoms with Gasteiger partial charge in [0.05, 0.1) is 12.7 Å². The largest absolute Gasteiger partial charge is 0.459 e. The molecule has 7 heteroatoms. The van der Waals surface area contributed by atoms with E-state index in [1.807, 2.05) is 42.5 Å². The van der Waals surface area contributed by atoms with Crippen molar-refractivity contribution in [3.8, 4) is 0 Å². The van der Waals surface area contributed by atoms with E-state index in [2.05, 4.69) is 16.2 Å². The average molecular weight is 393 g/mol. The summed E-state index contributed by atoms with van der Waals surface area (Å²) in [7, 11) is 0. The number of hydrazine groups is 1. The van der Waals surface area contributed by atoms with Crippen LogP contribution in [0.5, 0.6) is 0 Å². The number of hydrogen-bond acceptors (Lipinski definition) is 4. The summed E-state index contributed by atoms with van der Waals surface area (Å²) in [4.78, 5) is 37.0. The van der Waals surface area contributed by atoms with Crippen molar-refractivity contribution in [1.29, 1.82) is 0 Å². The Morgan fingerprint density at radius 3 is 2.41 bits per heavy atom. The van der Waals surface area contributed by atoms with E-state index in [1.54, 1.807) is 19.9 Å². The Labute approximate surface area is 168 Å². The minimum absolute atomic E-state index is 0.114. The number of rotatable bonds is 6. The molecule has 0 aliphatic heterocycles. The van der Waals surface area contributed by atoms with Crippen molar-refractivity contribution < 1.29 is 18.8 Å². The van der Waals surface area contributed by atoms with Gasteiger partial charge in [-0.25, -0.2) is 0 Å². The second-order valence-electron chi connectivity index (χ2n) is 7.02. The standard InChI is InChI=1S/C22H23N3O4/c1-14(2)20(23-21(27)18-11-6-12-29-18)22(28)25-24-19(26)13-16-9-5-8-15-7-3-4-10-17(15)16/h3-12,14,20H,13H2,1-2H3,(H,23,27)(H,24,26)(H,25,28)/t20-/m1/s1. The van der Waals surface area contributed by atoms with Gasteiger partial charge in [-0.3, -0.25) is 25.2 Å². The fraction of sp³-hybridized carbons (Fsp3) is 0.227. The number of carbonyl (C=O) groups excluding carboxylic acids is 3. The molecule has 0 unspecified atom stereocenters. The van der Waals surface area contributed by atoms with E-state index in [-0.39, 0.29) is 24.0 Å². The summed E-state index contributed by atoms with van der Waals surface area (Å²) < 4.78 is 5.04. The van der Waals surface area contributed by atoms with Gasteiger partial charge in [0.15, 0.2) is 5.76 Å². The third-order valence-corrected chi connectivity index (χ3v) is 4.54.